The van der Waals surface area contributed by atoms with Gasteiger partial charge in [0.2, 0.25) is 0 Å². The van der Waals surface area contributed by atoms with Gasteiger partial charge in [-0.15, -0.1) is 10.2 Å². The molecule has 11 nitrogen and oxygen atoms in total. The van der Waals surface area contributed by atoms with Crippen LogP contribution in [0.5, 0.6) is 5.75 Å². The second-order valence-corrected chi connectivity index (χ2v) is 16.5. The van der Waals surface area contributed by atoms with Crippen LogP contribution >= 0.6 is 0 Å². The lowest BCUT2D eigenvalue weighted by atomic mass is 9.93. The molecule has 1 amide bonds. The average Bonchev–Trinajstić information content (AvgIpc) is 3.59. The van der Waals surface area contributed by atoms with Crippen LogP contribution < -0.4 is 14.8 Å². The number of carbonyl (C=O) groups is 1. The van der Waals surface area contributed by atoms with Crippen LogP contribution in [0.2, 0.25) is 0 Å². The normalized spacial score (nSPS) is 13.3. The number of carbonyl (C=O) groups excluding carboxylic acids is 1. The number of ether oxygens (including phenoxy) is 1. The average molecular weight is 674 g/mol. The highest BCUT2D eigenvalue weighted by atomic mass is 32.2. The molecule has 3 aromatic rings. The van der Waals surface area contributed by atoms with Crippen LogP contribution in [0, 0.1) is 0 Å². The predicted molar refractivity (Wildman–Crippen MR) is 190 cm³/mol. The Balaban J connectivity index is 1.61. The zero-order valence-corrected chi connectivity index (χ0v) is 30.8. The number of hydrogen-bond donors (Lipinski definition) is 3. The van der Waals surface area contributed by atoms with E-state index in [4.69, 9.17) is 4.74 Å². The number of anilines is 1. The highest BCUT2D eigenvalue weighted by Crippen LogP contribution is 2.24. The van der Waals surface area contributed by atoms with Crippen molar-refractivity contribution in [2.24, 2.45) is 0 Å². The minimum absolute atomic E-state index is 0.0325. The van der Waals surface area contributed by atoms with Crippen LogP contribution in [0.3, 0.4) is 0 Å². The van der Waals surface area contributed by atoms with Crippen LogP contribution in [0.15, 0.2) is 30.3 Å². The van der Waals surface area contributed by atoms with E-state index in [0.717, 1.165) is 40.7 Å². The number of nitrogens with zero attached hydrogens (tertiary/aromatic N) is 4. The van der Waals surface area contributed by atoms with Crippen molar-refractivity contribution in [2.45, 2.75) is 142 Å². The van der Waals surface area contributed by atoms with Gasteiger partial charge in [0.15, 0.2) is 17.6 Å². The molecule has 0 fully saturated rings. The number of aromatic nitrogens is 4. The molecule has 0 bridgehead atoms. The molecule has 1 atom stereocenters. The number of amides is 1. The molecule has 47 heavy (non-hydrogen) atoms. The Morgan fingerprint density at radius 3 is 2.11 bits per heavy atom. The van der Waals surface area contributed by atoms with Gasteiger partial charge in [-0.25, -0.2) is 4.52 Å². The Morgan fingerprint density at radius 2 is 1.53 bits per heavy atom. The van der Waals surface area contributed by atoms with Crippen molar-refractivity contribution in [2.75, 3.05) is 18.8 Å². The minimum Gasteiger partial charge on any atom is -0.481 e. The molecule has 0 aliphatic carbocycles. The van der Waals surface area contributed by atoms with Gasteiger partial charge in [0, 0.05) is 43.2 Å². The van der Waals surface area contributed by atoms with Crippen molar-refractivity contribution in [3.63, 3.8) is 0 Å². The second kappa shape index (κ2) is 17.3. The third-order valence-corrected chi connectivity index (χ3v) is 9.93. The molecule has 2 aromatic heterocycles. The first-order valence-electron chi connectivity index (χ1n) is 17.3. The molecule has 3 N–H and O–H groups in total. The lowest BCUT2D eigenvalue weighted by Crippen LogP contribution is -2.49. The first kappa shape index (κ1) is 38.3. The summed E-state index contributed by atoms with van der Waals surface area (Å²) in [5.41, 5.74) is 1.75. The summed E-state index contributed by atoms with van der Waals surface area (Å²) in [7, 11) is -0.690. The standard InChI is InChI=1S/C35H59N7O4S/c1-9-10-11-12-13-14-15-16-17-18-19-29(46-28-22-20-27(21-23-28)40-47(44,45)41(7)8)33(43)36-35(5,6)25-24-31-37-38-32-26-30(34(2,3)4)39-42(31)32/h20-23,26,29,39-40H,9-19,24-25H2,1-8H3,(H,36,43). The Bertz CT molecular complexity index is 1490. The van der Waals surface area contributed by atoms with E-state index in [9.17, 15) is 13.2 Å². The summed E-state index contributed by atoms with van der Waals surface area (Å²) < 4.78 is 36.2. The maximum atomic E-state index is 13.7. The molecule has 0 saturated carbocycles. The summed E-state index contributed by atoms with van der Waals surface area (Å²) in [6.07, 6.45) is 13.3. The summed E-state index contributed by atoms with van der Waals surface area (Å²) in [5.74, 6) is 1.17. The quantitative estimate of drug-likeness (QED) is 0.103. The van der Waals surface area contributed by atoms with Gasteiger partial charge in [0.1, 0.15) is 5.75 Å². The third-order valence-electron chi connectivity index (χ3n) is 8.48. The molecule has 0 spiro atoms. The number of fused-ring (bicyclic) bond motifs is 1. The lowest BCUT2D eigenvalue weighted by Gasteiger charge is -2.29. The monoisotopic (exact) mass is 673 g/mol. The van der Waals surface area contributed by atoms with E-state index >= 15 is 0 Å². The van der Waals surface area contributed by atoms with E-state index in [1.807, 2.05) is 24.4 Å². The van der Waals surface area contributed by atoms with Crippen molar-refractivity contribution < 1.29 is 17.9 Å². The molecule has 0 saturated heterocycles. The fraction of sp³-hybridized carbons (Fsp3) is 0.686. The Kier molecular flexibility index (Phi) is 14.1. The molecule has 0 aliphatic rings. The fourth-order valence-electron chi connectivity index (χ4n) is 5.34. The number of benzene rings is 1. The Morgan fingerprint density at radius 1 is 0.936 bits per heavy atom. The molecule has 1 unspecified atom stereocenters. The van der Waals surface area contributed by atoms with Crippen LogP contribution in [0.1, 0.15) is 130 Å². The summed E-state index contributed by atoms with van der Waals surface area (Å²) >= 11 is 0. The summed E-state index contributed by atoms with van der Waals surface area (Å²) in [6.45, 7) is 12.7. The second-order valence-electron chi connectivity index (χ2n) is 14.6. The fourth-order valence-corrected chi connectivity index (χ4v) is 5.96. The van der Waals surface area contributed by atoms with Gasteiger partial charge in [-0.3, -0.25) is 14.6 Å². The number of nitrogens with one attached hydrogen (secondary N) is 3. The smallest absolute Gasteiger partial charge is 0.301 e. The molecule has 0 radical (unpaired) electrons. The zero-order valence-electron chi connectivity index (χ0n) is 30.0. The number of aryl methyl sites for hydroxylation is 1. The summed E-state index contributed by atoms with van der Waals surface area (Å²) in [5, 5.41) is 15.4. The minimum atomic E-state index is -3.62. The van der Waals surface area contributed by atoms with E-state index in [1.54, 1.807) is 24.3 Å². The van der Waals surface area contributed by atoms with Crippen molar-refractivity contribution in [1.29, 1.82) is 0 Å². The van der Waals surface area contributed by atoms with Crippen molar-refractivity contribution in [1.82, 2.24) is 29.4 Å². The van der Waals surface area contributed by atoms with Crippen molar-refractivity contribution in [3.05, 3.63) is 41.9 Å². The number of rotatable bonds is 21. The van der Waals surface area contributed by atoms with Crippen molar-refractivity contribution >= 4 is 27.5 Å². The molecule has 2 heterocycles. The highest BCUT2D eigenvalue weighted by Gasteiger charge is 2.28. The molecule has 0 aliphatic heterocycles. The Hall–Kier alpha value is -3.12. The van der Waals surface area contributed by atoms with Crippen LogP contribution in [0.25, 0.3) is 5.65 Å². The first-order chi connectivity index (χ1) is 22.1. The molecule has 3 rings (SSSR count). The molecule has 12 heteroatoms. The molecular weight excluding hydrogens is 614 g/mol. The predicted octanol–water partition coefficient (Wildman–Crippen LogP) is 7.16. The molecular formula is C35H59N7O4S. The largest absolute Gasteiger partial charge is 0.481 e. The van der Waals surface area contributed by atoms with Gasteiger partial charge in [0.05, 0.1) is 5.69 Å². The van der Waals surface area contributed by atoms with Gasteiger partial charge < -0.3 is 10.1 Å². The molecule has 264 valence electrons. The lowest BCUT2D eigenvalue weighted by molar-refractivity contribution is -0.130. The van der Waals surface area contributed by atoms with Gasteiger partial charge in [0.25, 0.3) is 5.91 Å². The van der Waals surface area contributed by atoms with Gasteiger partial charge >= 0.3 is 10.2 Å². The van der Waals surface area contributed by atoms with Crippen LogP contribution in [-0.4, -0.2) is 64.2 Å². The van der Waals surface area contributed by atoms with E-state index < -0.39 is 21.9 Å². The number of hydrogen-bond acceptors (Lipinski definition) is 6. The maximum absolute atomic E-state index is 13.7. The van der Waals surface area contributed by atoms with E-state index in [2.05, 4.69) is 53.0 Å². The molecule has 1 aromatic carbocycles. The highest BCUT2D eigenvalue weighted by molar-refractivity contribution is 7.90. The third kappa shape index (κ3) is 12.4. The van der Waals surface area contributed by atoms with E-state index in [0.29, 0.717) is 30.7 Å². The van der Waals surface area contributed by atoms with Crippen LogP contribution in [-0.2, 0) is 26.8 Å². The van der Waals surface area contributed by atoms with E-state index in [1.165, 1.54) is 59.0 Å². The number of H-pyrrole nitrogens is 1. The Labute approximate surface area is 282 Å². The number of aromatic amines is 1. The zero-order chi connectivity index (χ0) is 34.7. The number of unbranched alkanes of at least 4 members (excludes halogenated alkanes) is 9. The maximum Gasteiger partial charge on any atom is 0.301 e. The van der Waals surface area contributed by atoms with Crippen molar-refractivity contribution in [3.8, 4) is 5.75 Å². The van der Waals surface area contributed by atoms with E-state index in [-0.39, 0.29) is 11.3 Å². The first-order valence-corrected chi connectivity index (χ1v) is 18.8. The van der Waals surface area contributed by atoms with Gasteiger partial charge in [-0.1, -0.05) is 85.5 Å². The SMILES string of the molecule is CCCCCCCCCCCCC(Oc1ccc(NS(=O)(=O)N(C)C)cc1)C(=O)NC(C)(C)CCc1nnc2cc(C(C)(C)C)[nH]n12. The van der Waals surface area contributed by atoms with Gasteiger partial charge in [-0.2, -0.15) is 12.7 Å². The topological polar surface area (TPSA) is 134 Å². The van der Waals surface area contributed by atoms with Crippen LogP contribution in [0.4, 0.5) is 5.69 Å². The summed E-state index contributed by atoms with van der Waals surface area (Å²) in [4.78, 5) is 13.7. The summed E-state index contributed by atoms with van der Waals surface area (Å²) in [6, 6.07) is 8.69. The van der Waals surface area contributed by atoms with Gasteiger partial charge in [-0.05, 0) is 57.4 Å².